The number of carbonyl (C=O) groups is 2. The zero-order valence-corrected chi connectivity index (χ0v) is 15.6. The van der Waals surface area contributed by atoms with Crippen molar-refractivity contribution in [2.24, 2.45) is 0 Å². The second-order valence-electron chi connectivity index (χ2n) is 6.76. The molecule has 1 rings (SSSR count). The zero-order chi connectivity index (χ0) is 17.6. The maximum Gasteiger partial charge on any atom is 0.342 e. The Morgan fingerprint density at radius 3 is 1.83 bits per heavy atom. The summed E-state index contributed by atoms with van der Waals surface area (Å²) >= 11 is 0. The molecule has 0 fully saturated rings. The Kier molecular flexibility index (Phi) is 11.2. The van der Waals surface area contributed by atoms with Crippen molar-refractivity contribution < 1.29 is 14.3 Å². The van der Waals surface area contributed by atoms with E-state index in [9.17, 15) is 9.59 Å². The Morgan fingerprint density at radius 1 is 0.750 bits per heavy atom. The number of cyclic esters (lactones) is 2. The van der Waals surface area contributed by atoms with E-state index in [0.717, 1.165) is 19.3 Å². The van der Waals surface area contributed by atoms with Gasteiger partial charge in [-0.2, -0.15) is 0 Å². The molecule has 0 aromatic heterocycles. The van der Waals surface area contributed by atoms with Crippen LogP contribution in [0, 0.1) is 0 Å². The number of allylic oxidation sites excluding steroid dienone is 2. The van der Waals surface area contributed by atoms with E-state index in [0.29, 0.717) is 17.6 Å². The molecule has 0 saturated carbocycles. The molecule has 0 atom stereocenters. The first-order valence-electron chi connectivity index (χ1n) is 9.78. The normalized spacial score (nSPS) is 14.9. The molecule has 3 nitrogen and oxygen atoms in total. The minimum absolute atomic E-state index is 0.435. The maximum atomic E-state index is 11.5. The Morgan fingerprint density at radius 2 is 1.29 bits per heavy atom. The van der Waals surface area contributed by atoms with Crippen LogP contribution in [0.1, 0.15) is 97.3 Å². The van der Waals surface area contributed by atoms with Crippen LogP contribution in [0.3, 0.4) is 0 Å². The second kappa shape index (κ2) is 13.0. The Labute approximate surface area is 147 Å². The van der Waals surface area contributed by atoms with Crippen LogP contribution in [0.15, 0.2) is 23.3 Å². The van der Waals surface area contributed by atoms with Crippen LogP contribution in [-0.4, -0.2) is 11.9 Å². The van der Waals surface area contributed by atoms with E-state index in [2.05, 4.69) is 23.8 Å². The average molecular weight is 335 g/mol. The van der Waals surface area contributed by atoms with Gasteiger partial charge in [0.1, 0.15) is 0 Å². The van der Waals surface area contributed by atoms with E-state index in [4.69, 9.17) is 0 Å². The summed E-state index contributed by atoms with van der Waals surface area (Å²) in [5.74, 6) is -0.902. The lowest BCUT2D eigenvalue weighted by molar-refractivity contribution is -0.151. The first kappa shape index (κ1) is 20.7. The molecule has 0 unspecified atom stereocenters. The van der Waals surface area contributed by atoms with Crippen LogP contribution >= 0.6 is 0 Å². The van der Waals surface area contributed by atoms with Crippen LogP contribution in [0.4, 0.5) is 0 Å². The summed E-state index contributed by atoms with van der Waals surface area (Å²) in [6, 6.07) is 0. The number of rotatable bonds is 14. The molecular formula is C21H34O3. The molecule has 0 bridgehead atoms. The number of carbonyl (C=O) groups excluding carboxylic acids is 2. The molecule has 0 aromatic carbocycles. The van der Waals surface area contributed by atoms with Crippen LogP contribution in [0.5, 0.6) is 0 Å². The van der Waals surface area contributed by atoms with Gasteiger partial charge in [-0.1, -0.05) is 64.0 Å². The standard InChI is InChI=1S/C21H34O3/c1-3-4-5-6-7-8-9-10-11-12-13-14-15-16-17-19-18(2)20(22)24-21(19)23/h10-11H,3-9,12-17H2,1-2H3/b11-10+. The van der Waals surface area contributed by atoms with E-state index < -0.39 is 11.9 Å². The summed E-state index contributed by atoms with van der Waals surface area (Å²) in [6.07, 6.45) is 20.3. The zero-order valence-electron chi connectivity index (χ0n) is 15.6. The van der Waals surface area contributed by atoms with Gasteiger partial charge in [0.25, 0.3) is 0 Å². The summed E-state index contributed by atoms with van der Waals surface area (Å²) in [5, 5.41) is 0. The van der Waals surface area contributed by atoms with Crippen molar-refractivity contribution >= 4 is 11.9 Å². The van der Waals surface area contributed by atoms with E-state index >= 15 is 0 Å². The van der Waals surface area contributed by atoms with E-state index in [-0.39, 0.29) is 0 Å². The van der Waals surface area contributed by atoms with Gasteiger partial charge in [0.15, 0.2) is 0 Å². The monoisotopic (exact) mass is 334 g/mol. The molecule has 0 radical (unpaired) electrons. The SMILES string of the molecule is CCCCCCCC/C=C/CCCCCCC1=C(C)C(=O)OC1=O. The highest BCUT2D eigenvalue weighted by molar-refractivity contribution is 6.11. The van der Waals surface area contributed by atoms with Gasteiger partial charge < -0.3 is 4.74 Å². The van der Waals surface area contributed by atoms with Crippen LogP contribution in [0.25, 0.3) is 0 Å². The topological polar surface area (TPSA) is 43.4 Å². The highest BCUT2D eigenvalue weighted by atomic mass is 16.6. The van der Waals surface area contributed by atoms with Crippen molar-refractivity contribution in [3.05, 3.63) is 23.3 Å². The largest absolute Gasteiger partial charge is 0.386 e. The minimum Gasteiger partial charge on any atom is -0.386 e. The lowest BCUT2D eigenvalue weighted by atomic mass is 10.0. The van der Waals surface area contributed by atoms with Crippen LogP contribution in [0.2, 0.25) is 0 Å². The van der Waals surface area contributed by atoms with Crippen molar-refractivity contribution in [1.82, 2.24) is 0 Å². The summed E-state index contributed by atoms with van der Waals surface area (Å²) in [7, 11) is 0. The van der Waals surface area contributed by atoms with Crippen molar-refractivity contribution in [3.8, 4) is 0 Å². The molecule has 1 aliphatic heterocycles. The fourth-order valence-electron chi connectivity index (χ4n) is 2.98. The van der Waals surface area contributed by atoms with Gasteiger partial charge in [-0.3, -0.25) is 0 Å². The molecule has 0 amide bonds. The number of unbranched alkanes of at least 4 members (excludes halogenated alkanes) is 10. The summed E-state index contributed by atoms with van der Waals surface area (Å²) < 4.78 is 4.59. The first-order chi connectivity index (χ1) is 11.7. The lowest BCUT2D eigenvalue weighted by Crippen LogP contribution is -2.01. The predicted molar refractivity (Wildman–Crippen MR) is 98.6 cm³/mol. The Hall–Kier alpha value is -1.38. The Balaban J connectivity index is 1.91. The number of hydrogen-bond donors (Lipinski definition) is 0. The van der Waals surface area contributed by atoms with Gasteiger partial charge in [-0.05, 0) is 45.4 Å². The maximum absolute atomic E-state index is 11.5. The fraction of sp³-hybridized carbons (Fsp3) is 0.714. The molecule has 0 N–H and O–H groups in total. The molecule has 0 saturated heterocycles. The molecule has 0 aliphatic carbocycles. The van der Waals surface area contributed by atoms with Gasteiger partial charge in [-0.15, -0.1) is 0 Å². The third kappa shape index (κ3) is 8.47. The number of hydrogen-bond acceptors (Lipinski definition) is 3. The molecule has 136 valence electrons. The van der Waals surface area contributed by atoms with Crippen molar-refractivity contribution in [3.63, 3.8) is 0 Å². The molecule has 1 heterocycles. The van der Waals surface area contributed by atoms with Crippen molar-refractivity contribution in [1.29, 1.82) is 0 Å². The van der Waals surface area contributed by atoms with Crippen molar-refractivity contribution in [2.45, 2.75) is 97.3 Å². The van der Waals surface area contributed by atoms with E-state index in [1.54, 1.807) is 6.92 Å². The third-order valence-corrected chi connectivity index (χ3v) is 4.63. The van der Waals surface area contributed by atoms with Gasteiger partial charge in [-0.25, -0.2) is 9.59 Å². The van der Waals surface area contributed by atoms with Gasteiger partial charge in [0.2, 0.25) is 0 Å². The molecule has 1 aliphatic rings. The van der Waals surface area contributed by atoms with Gasteiger partial charge in [0, 0.05) is 11.1 Å². The number of esters is 2. The van der Waals surface area contributed by atoms with Gasteiger partial charge in [0.05, 0.1) is 0 Å². The molecule has 0 aromatic rings. The number of ether oxygens (including phenoxy) is 1. The molecule has 24 heavy (non-hydrogen) atoms. The smallest absolute Gasteiger partial charge is 0.342 e. The van der Waals surface area contributed by atoms with Crippen LogP contribution in [-0.2, 0) is 14.3 Å². The summed E-state index contributed by atoms with van der Waals surface area (Å²) in [4.78, 5) is 22.7. The van der Waals surface area contributed by atoms with E-state index in [1.165, 1.54) is 57.8 Å². The Bertz CT molecular complexity index is 446. The highest BCUT2D eigenvalue weighted by Gasteiger charge is 2.28. The lowest BCUT2D eigenvalue weighted by Gasteiger charge is -2.00. The predicted octanol–water partition coefficient (Wildman–Crippen LogP) is 6.03. The molecular weight excluding hydrogens is 300 g/mol. The highest BCUT2D eigenvalue weighted by Crippen LogP contribution is 2.22. The van der Waals surface area contributed by atoms with Gasteiger partial charge >= 0.3 is 11.9 Å². The summed E-state index contributed by atoms with van der Waals surface area (Å²) in [6.45, 7) is 3.93. The fourth-order valence-corrected chi connectivity index (χ4v) is 2.98. The van der Waals surface area contributed by atoms with Crippen molar-refractivity contribution in [2.75, 3.05) is 0 Å². The quantitative estimate of drug-likeness (QED) is 0.168. The third-order valence-electron chi connectivity index (χ3n) is 4.63. The minimum atomic E-state index is -0.467. The molecule has 0 spiro atoms. The average Bonchev–Trinajstić information content (AvgIpc) is 2.81. The summed E-state index contributed by atoms with van der Waals surface area (Å²) in [5.41, 5.74) is 1.08. The first-order valence-corrected chi connectivity index (χ1v) is 9.78. The second-order valence-corrected chi connectivity index (χ2v) is 6.76. The molecule has 3 heteroatoms. The van der Waals surface area contributed by atoms with Crippen LogP contribution < -0.4 is 0 Å². The van der Waals surface area contributed by atoms with E-state index in [1.807, 2.05) is 0 Å².